The van der Waals surface area contributed by atoms with Crippen LogP contribution in [0.3, 0.4) is 0 Å². The van der Waals surface area contributed by atoms with Gasteiger partial charge in [0.15, 0.2) is 17.1 Å². The summed E-state index contributed by atoms with van der Waals surface area (Å²) >= 11 is 0. The Kier molecular flexibility index (Phi) is 4.61. The average Bonchev–Trinajstić information content (AvgIpc) is 3.17. The van der Waals surface area contributed by atoms with E-state index in [1.54, 1.807) is 27.5 Å². The minimum Gasteiger partial charge on any atom is -0.493 e. The smallest absolute Gasteiger partial charge is 0.203 e. The third-order valence-corrected chi connectivity index (χ3v) is 4.67. The van der Waals surface area contributed by atoms with Crippen LogP contribution in [0.2, 0.25) is 0 Å². The number of ether oxygens (including phenoxy) is 3. The zero-order valence-corrected chi connectivity index (χ0v) is 16.3. The summed E-state index contributed by atoms with van der Waals surface area (Å²) in [4.78, 5) is 4.46. The second-order valence-electron chi connectivity index (χ2n) is 6.41. The van der Waals surface area contributed by atoms with Gasteiger partial charge in [0.05, 0.1) is 32.7 Å². The maximum Gasteiger partial charge on any atom is 0.203 e. The predicted octanol–water partition coefficient (Wildman–Crippen LogP) is 4.40. The summed E-state index contributed by atoms with van der Waals surface area (Å²) in [5, 5.41) is 4.78. The summed E-state index contributed by atoms with van der Waals surface area (Å²) in [5.41, 5.74) is 5.66. The van der Waals surface area contributed by atoms with Crippen molar-refractivity contribution < 1.29 is 14.2 Å². The number of rotatable bonds is 5. The monoisotopic (exact) mass is 375 g/mol. The Balaban J connectivity index is 1.89. The lowest BCUT2D eigenvalue weighted by Crippen LogP contribution is -1.99. The lowest BCUT2D eigenvalue weighted by Gasteiger charge is -2.14. The van der Waals surface area contributed by atoms with E-state index in [0.29, 0.717) is 17.2 Å². The minimum absolute atomic E-state index is 0.555. The predicted molar refractivity (Wildman–Crippen MR) is 108 cm³/mol. The Labute approximate surface area is 163 Å². The molecule has 2 aromatic carbocycles. The molecule has 0 N–H and O–H groups in total. The first-order valence-corrected chi connectivity index (χ1v) is 8.87. The van der Waals surface area contributed by atoms with Crippen molar-refractivity contribution in [2.24, 2.45) is 0 Å². The Morgan fingerprint density at radius 1 is 0.786 bits per heavy atom. The molecule has 0 saturated carbocycles. The summed E-state index contributed by atoms with van der Waals surface area (Å²) in [6.07, 6.45) is 1.77. The molecule has 6 nitrogen and oxygen atoms in total. The van der Waals surface area contributed by atoms with Crippen molar-refractivity contribution in [2.75, 3.05) is 21.3 Å². The summed E-state index contributed by atoms with van der Waals surface area (Å²) in [6.45, 7) is 2.07. The van der Waals surface area contributed by atoms with E-state index in [1.807, 2.05) is 28.8 Å². The largest absolute Gasteiger partial charge is 0.493 e. The van der Waals surface area contributed by atoms with Crippen molar-refractivity contribution in [1.82, 2.24) is 14.6 Å². The zero-order chi connectivity index (χ0) is 19.7. The van der Waals surface area contributed by atoms with Crippen LogP contribution in [0.25, 0.3) is 28.2 Å². The normalized spacial score (nSPS) is 10.9. The number of hydrogen-bond acceptors (Lipinski definition) is 5. The maximum atomic E-state index is 5.49. The van der Waals surface area contributed by atoms with Gasteiger partial charge in [0.2, 0.25) is 5.75 Å². The molecule has 4 aromatic rings. The quantitative estimate of drug-likeness (QED) is 0.518. The SMILES string of the molecule is COc1cc(-c2ccnc3cc(-c4ccc(C)cc4)nn23)cc(OC)c1OC. The first kappa shape index (κ1) is 17.9. The van der Waals surface area contributed by atoms with Gasteiger partial charge in [-0.25, -0.2) is 9.50 Å². The van der Waals surface area contributed by atoms with Crippen molar-refractivity contribution in [1.29, 1.82) is 0 Å². The standard InChI is InChI=1S/C22H21N3O3/c1-14-5-7-15(8-6-14)17-13-21-23-10-9-18(25(21)24-17)16-11-19(26-2)22(28-4)20(12-16)27-3/h5-13H,1-4H3. The van der Waals surface area contributed by atoms with Crippen molar-refractivity contribution in [3.63, 3.8) is 0 Å². The number of benzene rings is 2. The van der Waals surface area contributed by atoms with Crippen molar-refractivity contribution in [3.05, 3.63) is 60.3 Å². The van der Waals surface area contributed by atoms with Crippen LogP contribution in [0.4, 0.5) is 0 Å². The lowest BCUT2D eigenvalue weighted by atomic mass is 10.1. The molecule has 0 bridgehead atoms. The topological polar surface area (TPSA) is 57.9 Å². The van der Waals surface area contributed by atoms with Crippen LogP contribution < -0.4 is 14.2 Å². The second-order valence-corrected chi connectivity index (χ2v) is 6.41. The Bertz CT molecular complexity index is 1110. The highest BCUT2D eigenvalue weighted by Gasteiger charge is 2.17. The third kappa shape index (κ3) is 3.03. The molecule has 0 saturated heterocycles. The molecule has 0 aliphatic heterocycles. The molecule has 4 rings (SSSR count). The van der Waals surface area contributed by atoms with Gasteiger partial charge in [-0.1, -0.05) is 29.8 Å². The summed E-state index contributed by atoms with van der Waals surface area (Å²) in [7, 11) is 4.80. The first-order chi connectivity index (χ1) is 13.6. The molecule has 0 amide bonds. The molecule has 0 unspecified atom stereocenters. The Morgan fingerprint density at radius 2 is 1.46 bits per heavy atom. The number of hydrogen-bond donors (Lipinski definition) is 0. The number of methoxy groups -OCH3 is 3. The van der Waals surface area contributed by atoms with Crippen LogP contribution in [-0.2, 0) is 0 Å². The fourth-order valence-corrected chi connectivity index (χ4v) is 3.21. The van der Waals surface area contributed by atoms with Gasteiger partial charge in [-0.15, -0.1) is 0 Å². The Hall–Kier alpha value is -3.54. The van der Waals surface area contributed by atoms with E-state index in [1.165, 1.54) is 5.56 Å². The lowest BCUT2D eigenvalue weighted by molar-refractivity contribution is 0.324. The van der Waals surface area contributed by atoms with E-state index in [4.69, 9.17) is 19.3 Å². The second kappa shape index (κ2) is 7.23. The summed E-state index contributed by atoms with van der Waals surface area (Å²) in [6, 6.07) is 16.0. The van der Waals surface area contributed by atoms with Gasteiger partial charge in [0.25, 0.3) is 0 Å². The molecule has 0 radical (unpaired) electrons. The van der Waals surface area contributed by atoms with Crippen LogP contribution in [0.1, 0.15) is 5.56 Å². The van der Waals surface area contributed by atoms with Gasteiger partial charge in [0.1, 0.15) is 0 Å². The van der Waals surface area contributed by atoms with Crippen LogP contribution in [0.5, 0.6) is 17.2 Å². The van der Waals surface area contributed by atoms with Gasteiger partial charge in [-0.2, -0.15) is 5.10 Å². The van der Waals surface area contributed by atoms with Crippen LogP contribution in [0.15, 0.2) is 54.7 Å². The molecule has 0 fully saturated rings. The molecule has 6 heteroatoms. The summed E-state index contributed by atoms with van der Waals surface area (Å²) in [5.74, 6) is 1.74. The van der Waals surface area contributed by atoms with Crippen LogP contribution >= 0.6 is 0 Å². The highest BCUT2D eigenvalue weighted by Crippen LogP contribution is 2.41. The molecule has 28 heavy (non-hydrogen) atoms. The molecule has 142 valence electrons. The minimum atomic E-state index is 0.555. The van der Waals surface area contributed by atoms with Crippen molar-refractivity contribution >= 4 is 5.65 Å². The van der Waals surface area contributed by atoms with E-state index in [2.05, 4.69) is 36.2 Å². The van der Waals surface area contributed by atoms with Gasteiger partial charge in [0, 0.05) is 23.4 Å². The number of nitrogens with zero attached hydrogens (tertiary/aromatic N) is 3. The molecule has 0 atom stereocenters. The molecular weight excluding hydrogens is 354 g/mol. The third-order valence-electron chi connectivity index (χ3n) is 4.67. The van der Waals surface area contributed by atoms with E-state index >= 15 is 0 Å². The van der Waals surface area contributed by atoms with E-state index in [0.717, 1.165) is 28.2 Å². The number of fused-ring (bicyclic) bond motifs is 1. The van der Waals surface area contributed by atoms with Gasteiger partial charge < -0.3 is 14.2 Å². The van der Waals surface area contributed by atoms with Gasteiger partial charge in [-0.3, -0.25) is 0 Å². The average molecular weight is 375 g/mol. The molecule has 0 spiro atoms. The van der Waals surface area contributed by atoms with E-state index < -0.39 is 0 Å². The number of aryl methyl sites for hydroxylation is 1. The highest BCUT2D eigenvalue weighted by atomic mass is 16.5. The summed E-state index contributed by atoms with van der Waals surface area (Å²) < 4.78 is 18.2. The van der Waals surface area contributed by atoms with Crippen LogP contribution in [0, 0.1) is 6.92 Å². The fraction of sp³-hybridized carbons (Fsp3) is 0.182. The molecule has 0 aliphatic carbocycles. The van der Waals surface area contributed by atoms with E-state index in [9.17, 15) is 0 Å². The maximum absolute atomic E-state index is 5.49. The van der Waals surface area contributed by atoms with Crippen molar-refractivity contribution in [2.45, 2.75) is 6.92 Å². The number of aromatic nitrogens is 3. The zero-order valence-electron chi connectivity index (χ0n) is 16.3. The highest BCUT2D eigenvalue weighted by molar-refractivity contribution is 5.72. The van der Waals surface area contributed by atoms with E-state index in [-0.39, 0.29) is 0 Å². The van der Waals surface area contributed by atoms with Crippen LogP contribution in [-0.4, -0.2) is 35.9 Å². The van der Waals surface area contributed by atoms with Gasteiger partial charge in [-0.05, 0) is 25.1 Å². The van der Waals surface area contributed by atoms with Crippen molar-refractivity contribution in [3.8, 4) is 39.8 Å². The molecule has 0 aliphatic rings. The molecule has 2 heterocycles. The van der Waals surface area contributed by atoms with Gasteiger partial charge >= 0.3 is 0 Å². The fourth-order valence-electron chi connectivity index (χ4n) is 3.21. The first-order valence-electron chi connectivity index (χ1n) is 8.87. The Morgan fingerprint density at radius 3 is 2.07 bits per heavy atom. The molecule has 2 aromatic heterocycles. The molecular formula is C22H21N3O3.